The van der Waals surface area contributed by atoms with E-state index in [0.29, 0.717) is 6.54 Å². The maximum atomic E-state index is 11.0. The van der Waals surface area contributed by atoms with Gasteiger partial charge in [-0.1, -0.05) is 28.9 Å². The first-order chi connectivity index (χ1) is 8.59. The largest absolute Gasteiger partial charge is 0.383 e. The predicted octanol–water partition coefficient (Wildman–Crippen LogP) is 2.12. The molecule has 1 aliphatic carbocycles. The second-order valence-electron chi connectivity index (χ2n) is 4.92. The highest BCUT2D eigenvalue weighted by Gasteiger charge is 2.43. The maximum Gasteiger partial charge on any atom is 0.137 e. The van der Waals surface area contributed by atoms with E-state index in [-0.39, 0.29) is 5.92 Å². The average Bonchev–Trinajstić information content (AvgIpc) is 2.88. The third-order valence-corrected chi connectivity index (χ3v) is 4.24. The van der Waals surface area contributed by atoms with Crippen LogP contribution in [0.4, 0.5) is 0 Å². The zero-order valence-corrected chi connectivity index (χ0v) is 11.6. The van der Waals surface area contributed by atoms with Crippen molar-refractivity contribution in [1.82, 2.24) is 14.8 Å². The fraction of sp³-hybridized carbons (Fsp3) is 0.385. The lowest BCUT2D eigenvalue weighted by molar-refractivity contribution is -0.0236. The molecular formula is C13H14BrN3O. The molecular weight excluding hydrogens is 294 g/mol. The third kappa shape index (κ3) is 1.78. The van der Waals surface area contributed by atoms with Crippen LogP contribution in [-0.4, -0.2) is 19.9 Å². The molecule has 0 saturated heterocycles. The molecule has 3 rings (SSSR count). The lowest BCUT2D eigenvalue weighted by Gasteiger charge is -2.28. The number of nitrogens with zero attached hydrogens (tertiary/aromatic N) is 3. The molecule has 0 spiro atoms. The van der Waals surface area contributed by atoms with Crippen LogP contribution in [-0.2, 0) is 18.6 Å². The SMILES string of the molecule is CC1Cc2cc(Br)ccc2C1(O)Cn1cncn1. The van der Waals surface area contributed by atoms with Crippen LogP contribution in [0.1, 0.15) is 18.1 Å². The first-order valence-corrected chi connectivity index (χ1v) is 6.72. The molecule has 18 heavy (non-hydrogen) atoms. The molecule has 1 aromatic carbocycles. The number of benzene rings is 1. The molecule has 1 aromatic heterocycles. The standard InChI is InChI=1S/C13H14BrN3O/c1-9-4-10-5-11(14)2-3-12(10)13(9,18)6-17-8-15-7-16-17/h2-3,5,7-9,18H,4,6H2,1H3. The Bertz CT molecular complexity index is 570. The van der Waals surface area contributed by atoms with Gasteiger partial charge in [0, 0.05) is 4.47 Å². The van der Waals surface area contributed by atoms with Crippen molar-refractivity contribution in [3.8, 4) is 0 Å². The highest BCUT2D eigenvalue weighted by molar-refractivity contribution is 9.10. The molecule has 2 atom stereocenters. The summed E-state index contributed by atoms with van der Waals surface area (Å²) in [5, 5.41) is 15.1. The number of fused-ring (bicyclic) bond motifs is 1. The Morgan fingerprint density at radius 1 is 1.56 bits per heavy atom. The van der Waals surface area contributed by atoms with Gasteiger partial charge in [0.1, 0.15) is 18.3 Å². The van der Waals surface area contributed by atoms with Gasteiger partial charge >= 0.3 is 0 Å². The molecule has 0 saturated carbocycles. The second-order valence-corrected chi connectivity index (χ2v) is 5.84. The van der Waals surface area contributed by atoms with Crippen LogP contribution >= 0.6 is 15.9 Å². The van der Waals surface area contributed by atoms with Crippen LogP contribution in [0.3, 0.4) is 0 Å². The minimum Gasteiger partial charge on any atom is -0.383 e. The van der Waals surface area contributed by atoms with Crippen LogP contribution in [0.2, 0.25) is 0 Å². The molecule has 0 fully saturated rings. The number of hydrogen-bond acceptors (Lipinski definition) is 3. The van der Waals surface area contributed by atoms with Gasteiger partial charge < -0.3 is 5.11 Å². The van der Waals surface area contributed by atoms with Crippen molar-refractivity contribution in [2.45, 2.75) is 25.5 Å². The Morgan fingerprint density at radius 2 is 2.39 bits per heavy atom. The zero-order valence-electron chi connectivity index (χ0n) is 10.0. The highest BCUT2D eigenvalue weighted by Crippen LogP contribution is 2.43. The molecule has 2 aromatic rings. The quantitative estimate of drug-likeness (QED) is 0.924. The third-order valence-electron chi connectivity index (χ3n) is 3.74. The normalized spacial score (nSPS) is 26.3. The second kappa shape index (κ2) is 4.17. The lowest BCUT2D eigenvalue weighted by atomic mass is 9.88. The van der Waals surface area contributed by atoms with Crippen LogP contribution in [0, 0.1) is 5.92 Å². The Balaban J connectivity index is 2.02. The summed E-state index contributed by atoms with van der Waals surface area (Å²) >= 11 is 3.47. The summed E-state index contributed by atoms with van der Waals surface area (Å²) in [6.45, 7) is 2.52. The minimum absolute atomic E-state index is 0.172. The van der Waals surface area contributed by atoms with Gasteiger partial charge in [-0.25, -0.2) is 9.67 Å². The van der Waals surface area contributed by atoms with Crippen LogP contribution in [0.15, 0.2) is 35.3 Å². The van der Waals surface area contributed by atoms with Crippen molar-refractivity contribution in [1.29, 1.82) is 0 Å². The summed E-state index contributed by atoms with van der Waals surface area (Å²) in [5.74, 6) is 0.172. The predicted molar refractivity (Wildman–Crippen MR) is 70.9 cm³/mol. The first-order valence-electron chi connectivity index (χ1n) is 5.93. The van der Waals surface area contributed by atoms with E-state index in [0.717, 1.165) is 16.5 Å². The molecule has 0 bridgehead atoms. The summed E-state index contributed by atoms with van der Waals surface area (Å²) in [5.41, 5.74) is 1.36. The van der Waals surface area contributed by atoms with E-state index in [1.807, 2.05) is 12.1 Å². The number of aromatic nitrogens is 3. The molecule has 0 amide bonds. The van der Waals surface area contributed by atoms with Gasteiger partial charge in [0.05, 0.1) is 6.54 Å². The first kappa shape index (κ1) is 11.9. The van der Waals surface area contributed by atoms with E-state index in [1.165, 1.54) is 11.9 Å². The fourth-order valence-electron chi connectivity index (χ4n) is 2.72. The maximum absolute atomic E-state index is 11.0. The number of rotatable bonds is 2. The van der Waals surface area contributed by atoms with Crippen molar-refractivity contribution in [3.05, 3.63) is 46.5 Å². The molecule has 0 radical (unpaired) electrons. The van der Waals surface area contributed by atoms with Gasteiger partial charge in [0.2, 0.25) is 0 Å². The van der Waals surface area contributed by atoms with E-state index >= 15 is 0 Å². The van der Waals surface area contributed by atoms with Crippen molar-refractivity contribution >= 4 is 15.9 Å². The highest BCUT2D eigenvalue weighted by atomic mass is 79.9. The average molecular weight is 308 g/mol. The van der Waals surface area contributed by atoms with E-state index in [4.69, 9.17) is 0 Å². The van der Waals surface area contributed by atoms with Crippen molar-refractivity contribution in [3.63, 3.8) is 0 Å². The summed E-state index contributed by atoms with van der Waals surface area (Å²) in [6, 6.07) is 6.06. The van der Waals surface area contributed by atoms with Crippen molar-refractivity contribution in [2.24, 2.45) is 5.92 Å². The Labute approximate surface area is 114 Å². The van der Waals surface area contributed by atoms with Gasteiger partial charge in [-0.2, -0.15) is 5.10 Å². The molecule has 4 nitrogen and oxygen atoms in total. The monoisotopic (exact) mass is 307 g/mol. The zero-order chi connectivity index (χ0) is 12.8. The molecule has 1 aliphatic rings. The molecule has 5 heteroatoms. The number of halogens is 1. The van der Waals surface area contributed by atoms with Crippen LogP contribution in [0.5, 0.6) is 0 Å². The van der Waals surface area contributed by atoms with Crippen LogP contribution in [0.25, 0.3) is 0 Å². The van der Waals surface area contributed by atoms with Crippen molar-refractivity contribution < 1.29 is 5.11 Å². The van der Waals surface area contributed by atoms with Gasteiger partial charge in [0.25, 0.3) is 0 Å². The summed E-state index contributed by atoms with van der Waals surface area (Å²) < 4.78 is 2.74. The Hall–Kier alpha value is -1.20. The molecule has 1 N–H and O–H groups in total. The van der Waals surface area contributed by atoms with Gasteiger partial charge in [-0.3, -0.25) is 0 Å². The summed E-state index contributed by atoms with van der Waals surface area (Å²) in [7, 11) is 0. The molecule has 2 unspecified atom stereocenters. The minimum atomic E-state index is -0.857. The Morgan fingerprint density at radius 3 is 3.11 bits per heavy atom. The molecule has 1 heterocycles. The molecule has 94 valence electrons. The summed E-state index contributed by atoms with van der Waals surface area (Å²) in [6.07, 6.45) is 4.02. The van der Waals surface area contributed by atoms with E-state index in [2.05, 4.69) is 39.0 Å². The Kier molecular flexibility index (Phi) is 2.75. The fourth-order valence-corrected chi connectivity index (χ4v) is 3.13. The number of hydrogen-bond donors (Lipinski definition) is 1. The van der Waals surface area contributed by atoms with Gasteiger partial charge in [0.15, 0.2) is 0 Å². The van der Waals surface area contributed by atoms with E-state index in [9.17, 15) is 5.11 Å². The molecule has 0 aliphatic heterocycles. The van der Waals surface area contributed by atoms with Gasteiger partial charge in [-0.15, -0.1) is 0 Å². The van der Waals surface area contributed by atoms with Crippen molar-refractivity contribution in [2.75, 3.05) is 0 Å². The topological polar surface area (TPSA) is 50.9 Å². The smallest absolute Gasteiger partial charge is 0.137 e. The summed E-state index contributed by atoms with van der Waals surface area (Å²) in [4.78, 5) is 3.92. The van der Waals surface area contributed by atoms with E-state index in [1.54, 1.807) is 11.0 Å². The van der Waals surface area contributed by atoms with Gasteiger partial charge in [-0.05, 0) is 35.6 Å². The van der Waals surface area contributed by atoms with Crippen LogP contribution < -0.4 is 0 Å². The number of aliphatic hydroxyl groups is 1. The van der Waals surface area contributed by atoms with E-state index < -0.39 is 5.60 Å². The lowest BCUT2D eigenvalue weighted by Crippen LogP contribution is -2.35.